The summed E-state index contributed by atoms with van der Waals surface area (Å²) in [4.78, 5) is 15.1. The largest absolute Gasteiger partial charge is 0.375 e. The number of hydrogen-bond acceptors (Lipinski definition) is 3. The second kappa shape index (κ2) is 7.56. The van der Waals surface area contributed by atoms with Crippen molar-refractivity contribution < 1.29 is 9.53 Å². The third kappa shape index (κ3) is 3.96. The van der Waals surface area contributed by atoms with Crippen LogP contribution in [0.3, 0.4) is 0 Å². The monoisotopic (exact) mass is 315 g/mol. The molecule has 116 valence electrons. The fraction of sp³-hybridized carbons (Fsp3) is 0.389. The topological polar surface area (TPSA) is 29.5 Å². The number of carbonyl (C=O) groups excluding carboxylic acids is 1. The van der Waals surface area contributed by atoms with Gasteiger partial charge in [-0.3, -0.25) is 4.79 Å². The van der Waals surface area contributed by atoms with Crippen molar-refractivity contribution in [3.05, 3.63) is 58.3 Å². The first-order valence-electron chi connectivity index (χ1n) is 7.81. The number of benzene rings is 1. The quantitative estimate of drug-likeness (QED) is 0.843. The van der Waals surface area contributed by atoms with Gasteiger partial charge in [0, 0.05) is 13.1 Å². The van der Waals surface area contributed by atoms with Crippen LogP contribution in [0.5, 0.6) is 0 Å². The third-order valence-corrected chi connectivity index (χ3v) is 4.85. The maximum absolute atomic E-state index is 12.4. The van der Waals surface area contributed by atoms with E-state index in [0.29, 0.717) is 19.7 Å². The van der Waals surface area contributed by atoms with Gasteiger partial charge in [0.1, 0.15) is 0 Å². The van der Waals surface area contributed by atoms with Crippen molar-refractivity contribution in [2.24, 2.45) is 0 Å². The lowest BCUT2D eigenvalue weighted by Crippen LogP contribution is -2.45. The van der Waals surface area contributed by atoms with Crippen LogP contribution in [-0.4, -0.2) is 36.6 Å². The molecular weight excluding hydrogens is 294 g/mol. The van der Waals surface area contributed by atoms with E-state index in [-0.39, 0.29) is 12.0 Å². The average Bonchev–Trinajstić information content (AvgIpc) is 3.10. The van der Waals surface area contributed by atoms with Crippen molar-refractivity contribution in [3.63, 3.8) is 0 Å². The summed E-state index contributed by atoms with van der Waals surface area (Å²) in [6, 6.07) is 14.3. The van der Waals surface area contributed by atoms with E-state index >= 15 is 0 Å². The molecule has 0 aliphatic carbocycles. The van der Waals surface area contributed by atoms with Crippen molar-refractivity contribution in [2.75, 3.05) is 19.7 Å². The van der Waals surface area contributed by atoms with Crippen LogP contribution in [0, 0.1) is 0 Å². The van der Waals surface area contributed by atoms with Crippen LogP contribution >= 0.6 is 11.3 Å². The van der Waals surface area contributed by atoms with Crippen molar-refractivity contribution in [1.29, 1.82) is 0 Å². The molecule has 1 amide bonds. The van der Waals surface area contributed by atoms with Gasteiger partial charge in [0.05, 0.1) is 17.6 Å². The average molecular weight is 315 g/mol. The van der Waals surface area contributed by atoms with Crippen molar-refractivity contribution in [2.45, 2.75) is 25.4 Å². The Balaban J connectivity index is 1.47. The van der Waals surface area contributed by atoms with Crippen LogP contribution in [0.2, 0.25) is 0 Å². The number of ether oxygens (including phenoxy) is 1. The zero-order chi connectivity index (χ0) is 15.2. The van der Waals surface area contributed by atoms with Gasteiger partial charge < -0.3 is 9.64 Å². The number of rotatable bonds is 5. The first-order valence-corrected chi connectivity index (χ1v) is 8.69. The Labute approximate surface area is 135 Å². The van der Waals surface area contributed by atoms with E-state index in [1.807, 2.05) is 28.5 Å². The highest BCUT2D eigenvalue weighted by atomic mass is 32.1. The number of morpholine rings is 1. The summed E-state index contributed by atoms with van der Waals surface area (Å²) >= 11 is 1.51. The molecule has 2 aromatic rings. The molecule has 0 unspecified atom stereocenters. The van der Waals surface area contributed by atoms with E-state index in [0.717, 1.165) is 24.1 Å². The van der Waals surface area contributed by atoms with Gasteiger partial charge in [-0.2, -0.15) is 0 Å². The number of amides is 1. The molecule has 0 spiro atoms. The summed E-state index contributed by atoms with van der Waals surface area (Å²) in [5.41, 5.74) is 1.37. The standard InChI is InChI=1S/C18H21NO2S/c20-18(17-10-5-13-22-17)19-11-12-21-16(14-19)9-4-8-15-6-2-1-3-7-15/h1-3,5-7,10,13,16H,4,8-9,11-12,14H2/t16-/m0/s1. The SMILES string of the molecule is O=C(c1cccs1)N1CCO[C@@H](CCCc2ccccc2)C1. The molecule has 1 saturated heterocycles. The fourth-order valence-corrected chi connectivity index (χ4v) is 3.50. The zero-order valence-corrected chi connectivity index (χ0v) is 13.4. The molecule has 1 aliphatic rings. The Hall–Kier alpha value is -1.65. The Morgan fingerprint density at radius 1 is 1.23 bits per heavy atom. The molecule has 0 saturated carbocycles. The minimum Gasteiger partial charge on any atom is -0.375 e. The molecule has 1 aromatic heterocycles. The summed E-state index contributed by atoms with van der Waals surface area (Å²) in [6.07, 6.45) is 3.33. The van der Waals surface area contributed by atoms with E-state index in [4.69, 9.17) is 4.74 Å². The number of nitrogens with zero attached hydrogens (tertiary/aromatic N) is 1. The fourth-order valence-electron chi connectivity index (χ4n) is 2.81. The molecule has 3 nitrogen and oxygen atoms in total. The highest BCUT2D eigenvalue weighted by Gasteiger charge is 2.25. The maximum atomic E-state index is 12.4. The van der Waals surface area contributed by atoms with Crippen molar-refractivity contribution >= 4 is 17.2 Å². The number of thiophene rings is 1. The van der Waals surface area contributed by atoms with Crippen LogP contribution in [-0.2, 0) is 11.2 Å². The normalized spacial score (nSPS) is 18.4. The lowest BCUT2D eigenvalue weighted by Gasteiger charge is -2.32. The molecule has 1 aromatic carbocycles. The van der Waals surface area contributed by atoms with Gasteiger partial charge in [-0.05, 0) is 36.3 Å². The van der Waals surface area contributed by atoms with Gasteiger partial charge in [0.2, 0.25) is 0 Å². The second-order valence-electron chi connectivity index (χ2n) is 5.60. The maximum Gasteiger partial charge on any atom is 0.264 e. The van der Waals surface area contributed by atoms with Crippen molar-refractivity contribution in [3.8, 4) is 0 Å². The third-order valence-electron chi connectivity index (χ3n) is 3.99. The lowest BCUT2D eigenvalue weighted by atomic mass is 10.1. The van der Waals surface area contributed by atoms with Gasteiger partial charge >= 0.3 is 0 Å². The Kier molecular flexibility index (Phi) is 5.24. The van der Waals surface area contributed by atoms with E-state index in [1.54, 1.807) is 0 Å². The van der Waals surface area contributed by atoms with E-state index < -0.39 is 0 Å². The number of hydrogen-bond donors (Lipinski definition) is 0. The van der Waals surface area contributed by atoms with Crippen LogP contribution in [0.15, 0.2) is 47.8 Å². The molecular formula is C18H21NO2S. The van der Waals surface area contributed by atoms with Crippen LogP contribution in [0.1, 0.15) is 28.1 Å². The highest BCUT2D eigenvalue weighted by molar-refractivity contribution is 7.12. The van der Waals surface area contributed by atoms with Crippen LogP contribution < -0.4 is 0 Å². The molecule has 2 heterocycles. The van der Waals surface area contributed by atoms with Crippen LogP contribution in [0.4, 0.5) is 0 Å². The number of aryl methyl sites for hydroxylation is 1. The van der Waals surface area contributed by atoms with E-state index in [2.05, 4.69) is 24.3 Å². The molecule has 1 aliphatic heterocycles. The first-order chi connectivity index (χ1) is 10.8. The molecule has 0 bridgehead atoms. The smallest absolute Gasteiger partial charge is 0.264 e. The van der Waals surface area contributed by atoms with E-state index in [1.165, 1.54) is 16.9 Å². The summed E-state index contributed by atoms with van der Waals surface area (Å²) in [6.45, 7) is 2.06. The highest BCUT2D eigenvalue weighted by Crippen LogP contribution is 2.17. The molecule has 4 heteroatoms. The Bertz CT molecular complexity index is 582. The summed E-state index contributed by atoms with van der Waals surface area (Å²) in [5, 5.41) is 1.95. The Morgan fingerprint density at radius 3 is 2.86 bits per heavy atom. The minimum absolute atomic E-state index is 0.145. The van der Waals surface area contributed by atoms with Crippen LogP contribution in [0.25, 0.3) is 0 Å². The number of carbonyl (C=O) groups is 1. The molecule has 0 N–H and O–H groups in total. The van der Waals surface area contributed by atoms with E-state index in [9.17, 15) is 4.79 Å². The van der Waals surface area contributed by atoms with Gasteiger partial charge in [-0.25, -0.2) is 0 Å². The molecule has 1 atom stereocenters. The summed E-state index contributed by atoms with van der Waals surface area (Å²) < 4.78 is 5.82. The van der Waals surface area contributed by atoms with Crippen molar-refractivity contribution in [1.82, 2.24) is 4.90 Å². The molecule has 3 rings (SSSR count). The molecule has 1 fully saturated rings. The second-order valence-corrected chi connectivity index (χ2v) is 6.55. The summed E-state index contributed by atoms with van der Waals surface area (Å²) in [7, 11) is 0. The zero-order valence-electron chi connectivity index (χ0n) is 12.6. The Morgan fingerprint density at radius 2 is 2.09 bits per heavy atom. The predicted octanol–water partition coefficient (Wildman–Crippen LogP) is 3.61. The minimum atomic E-state index is 0.145. The van der Waals surface area contributed by atoms with Gasteiger partial charge in [-0.15, -0.1) is 11.3 Å². The molecule has 0 radical (unpaired) electrons. The van der Waals surface area contributed by atoms with Gasteiger partial charge in [0.25, 0.3) is 5.91 Å². The summed E-state index contributed by atoms with van der Waals surface area (Å²) in [5.74, 6) is 0.145. The predicted molar refractivity (Wildman–Crippen MR) is 89.3 cm³/mol. The van der Waals surface area contributed by atoms with Gasteiger partial charge in [-0.1, -0.05) is 36.4 Å². The van der Waals surface area contributed by atoms with Gasteiger partial charge in [0.15, 0.2) is 0 Å². The molecule has 22 heavy (non-hydrogen) atoms. The lowest BCUT2D eigenvalue weighted by molar-refractivity contribution is -0.0253. The first kappa shape index (κ1) is 15.3.